The minimum Gasteiger partial charge on any atom is -0.497 e. The van der Waals surface area contributed by atoms with Gasteiger partial charge in [-0.05, 0) is 67.3 Å². The fraction of sp³-hybridized carbons (Fsp3) is 0.333. The Bertz CT molecular complexity index is 1270. The number of ether oxygens (including phenoxy) is 1. The van der Waals surface area contributed by atoms with Crippen molar-refractivity contribution in [2.24, 2.45) is 5.92 Å². The lowest BCUT2D eigenvalue weighted by atomic mass is 10.0. The maximum Gasteiger partial charge on any atom is 0.229 e. The van der Waals surface area contributed by atoms with Gasteiger partial charge in [0.1, 0.15) is 17.2 Å². The second-order valence-electron chi connectivity index (χ2n) is 9.14. The summed E-state index contributed by atoms with van der Waals surface area (Å²) in [4.78, 5) is 37.8. The minimum absolute atomic E-state index is 0.0125. The number of amides is 1. The maximum absolute atomic E-state index is 12.6. The Hall–Kier alpha value is -3.94. The van der Waals surface area contributed by atoms with Gasteiger partial charge in [-0.1, -0.05) is 6.07 Å². The smallest absolute Gasteiger partial charge is 0.229 e. The van der Waals surface area contributed by atoms with E-state index in [0.29, 0.717) is 42.6 Å². The molecule has 1 saturated carbocycles. The van der Waals surface area contributed by atoms with Crippen LogP contribution in [0.15, 0.2) is 48.7 Å². The van der Waals surface area contributed by atoms with Crippen LogP contribution in [0.25, 0.3) is 0 Å². The summed E-state index contributed by atoms with van der Waals surface area (Å²) in [6, 6.07) is 13.7. The van der Waals surface area contributed by atoms with Crippen LogP contribution in [0.4, 0.5) is 28.8 Å². The van der Waals surface area contributed by atoms with Gasteiger partial charge in [0.2, 0.25) is 11.9 Å². The molecule has 3 aromatic rings. The van der Waals surface area contributed by atoms with Gasteiger partial charge in [0.05, 0.1) is 13.3 Å². The molecule has 2 heterocycles. The molecule has 0 bridgehead atoms. The number of fused-ring (bicyclic) bond motifs is 1. The second kappa shape index (κ2) is 9.37. The zero-order valence-electron chi connectivity index (χ0n) is 20.2. The summed E-state index contributed by atoms with van der Waals surface area (Å²) in [5.41, 5.74) is 4.53. The van der Waals surface area contributed by atoms with Crippen LogP contribution < -0.4 is 19.9 Å². The molecule has 0 spiro atoms. The van der Waals surface area contributed by atoms with E-state index in [0.717, 1.165) is 41.1 Å². The molecule has 35 heavy (non-hydrogen) atoms. The third-order valence-electron chi connectivity index (χ3n) is 6.67. The van der Waals surface area contributed by atoms with Crippen LogP contribution in [0.1, 0.15) is 30.4 Å². The summed E-state index contributed by atoms with van der Waals surface area (Å²) in [5.74, 6) is 2.47. The number of methoxy groups -OCH3 is 1. The van der Waals surface area contributed by atoms with Crippen LogP contribution in [-0.2, 0) is 16.0 Å². The highest BCUT2D eigenvalue weighted by molar-refractivity contribution is 5.98. The van der Waals surface area contributed by atoms with Gasteiger partial charge in [-0.25, -0.2) is 4.98 Å². The largest absolute Gasteiger partial charge is 0.497 e. The quantitative estimate of drug-likeness (QED) is 0.540. The molecule has 0 unspecified atom stereocenters. The normalized spacial score (nSPS) is 15.5. The molecule has 180 valence electrons. The van der Waals surface area contributed by atoms with Crippen molar-refractivity contribution in [2.75, 3.05) is 35.8 Å². The number of nitrogens with one attached hydrogen (secondary N) is 1. The first-order chi connectivity index (χ1) is 16.9. The lowest BCUT2D eigenvalue weighted by Crippen LogP contribution is -2.25. The van der Waals surface area contributed by atoms with E-state index in [9.17, 15) is 9.59 Å². The lowest BCUT2D eigenvalue weighted by Gasteiger charge is -2.24. The zero-order chi connectivity index (χ0) is 24.5. The number of aryl methyl sites for hydroxylation is 1. The number of hydrogen-bond donors (Lipinski definition) is 1. The van der Waals surface area contributed by atoms with Crippen LogP contribution in [0.3, 0.4) is 0 Å². The molecule has 2 aromatic carbocycles. The first kappa shape index (κ1) is 22.8. The van der Waals surface area contributed by atoms with Crippen molar-refractivity contribution in [3.63, 3.8) is 0 Å². The summed E-state index contributed by atoms with van der Waals surface area (Å²) in [6.07, 6.45) is 4.59. The van der Waals surface area contributed by atoms with E-state index >= 15 is 0 Å². The monoisotopic (exact) mass is 471 g/mol. The first-order valence-electron chi connectivity index (χ1n) is 11.9. The fourth-order valence-electron chi connectivity index (χ4n) is 4.33. The van der Waals surface area contributed by atoms with E-state index in [1.165, 1.54) is 0 Å². The zero-order valence-corrected chi connectivity index (χ0v) is 20.2. The molecule has 0 saturated heterocycles. The SMILES string of the molecule is COc1ccc(N2CCC(=O)N(C)c3cnc(Nc4ccc(CC(=O)C5CC5)c(C)c4)nc32)cc1. The molecule has 0 radical (unpaired) electrons. The van der Waals surface area contributed by atoms with Crippen LogP contribution in [-0.4, -0.2) is 42.4 Å². The van der Waals surface area contributed by atoms with Crippen molar-refractivity contribution in [1.29, 1.82) is 0 Å². The third-order valence-corrected chi connectivity index (χ3v) is 6.67. The number of benzene rings is 2. The van der Waals surface area contributed by atoms with E-state index in [-0.39, 0.29) is 11.8 Å². The summed E-state index contributed by atoms with van der Waals surface area (Å²) in [5, 5.41) is 3.29. The summed E-state index contributed by atoms with van der Waals surface area (Å²) in [7, 11) is 3.38. The first-order valence-corrected chi connectivity index (χ1v) is 11.9. The molecular formula is C27H29N5O3. The van der Waals surface area contributed by atoms with Crippen molar-refractivity contribution in [3.05, 3.63) is 59.8 Å². The van der Waals surface area contributed by atoms with Crippen LogP contribution in [0.2, 0.25) is 0 Å². The Labute approximate surface area is 204 Å². The van der Waals surface area contributed by atoms with Crippen molar-refractivity contribution >= 4 is 40.5 Å². The van der Waals surface area contributed by atoms with Gasteiger partial charge < -0.3 is 19.9 Å². The number of hydrogen-bond acceptors (Lipinski definition) is 7. The minimum atomic E-state index is 0.0125. The molecule has 1 N–H and O–H groups in total. The Kier molecular flexibility index (Phi) is 6.11. The Morgan fingerprint density at radius 3 is 2.63 bits per heavy atom. The van der Waals surface area contributed by atoms with Crippen molar-refractivity contribution in [3.8, 4) is 5.75 Å². The lowest BCUT2D eigenvalue weighted by molar-refractivity contribution is -0.119. The molecule has 2 aliphatic rings. The van der Waals surface area contributed by atoms with E-state index < -0.39 is 0 Å². The number of carbonyl (C=O) groups excluding carboxylic acids is 2. The summed E-state index contributed by atoms with van der Waals surface area (Å²) < 4.78 is 5.29. The Morgan fingerprint density at radius 1 is 1.17 bits per heavy atom. The highest BCUT2D eigenvalue weighted by Crippen LogP contribution is 2.36. The molecule has 1 amide bonds. The topological polar surface area (TPSA) is 87.7 Å². The summed E-state index contributed by atoms with van der Waals surface area (Å²) >= 11 is 0. The molecule has 1 fully saturated rings. The number of anilines is 5. The standard InChI is InChI=1S/C27H29N5O3/c1-17-14-20(7-6-19(17)15-24(33)18-4-5-18)29-27-28-16-23-26(30-27)32(13-12-25(34)31(23)2)21-8-10-22(35-3)11-9-21/h6-11,14,16,18H,4-5,12-13,15H2,1-3H3,(H,28,29,30). The van der Waals surface area contributed by atoms with E-state index in [1.54, 1.807) is 25.3 Å². The molecule has 5 rings (SSSR count). The average Bonchev–Trinajstić information content (AvgIpc) is 3.72. The number of Topliss-reactive ketones (excluding diaryl/α,β-unsaturated/α-hetero) is 1. The fourth-order valence-corrected chi connectivity index (χ4v) is 4.33. The predicted octanol–water partition coefficient (Wildman–Crippen LogP) is 4.56. The van der Waals surface area contributed by atoms with Gasteiger partial charge in [0.15, 0.2) is 5.82 Å². The molecule has 1 aliphatic heterocycles. The molecule has 8 heteroatoms. The third kappa shape index (κ3) is 4.82. The summed E-state index contributed by atoms with van der Waals surface area (Å²) in [6.45, 7) is 2.52. The van der Waals surface area contributed by atoms with Gasteiger partial charge in [0, 0.05) is 43.7 Å². The van der Waals surface area contributed by atoms with Crippen LogP contribution in [0, 0.1) is 12.8 Å². The van der Waals surface area contributed by atoms with Gasteiger partial charge in [-0.2, -0.15) is 4.98 Å². The molecule has 1 aliphatic carbocycles. The molecular weight excluding hydrogens is 442 g/mol. The van der Waals surface area contributed by atoms with E-state index in [2.05, 4.69) is 10.3 Å². The van der Waals surface area contributed by atoms with Crippen LogP contribution >= 0.6 is 0 Å². The van der Waals surface area contributed by atoms with Crippen molar-refractivity contribution in [2.45, 2.75) is 32.6 Å². The van der Waals surface area contributed by atoms with Crippen molar-refractivity contribution < 1.29 is 14.3 Å². The number of nitrogens with zero attached hydrogens (tertiary/aromatic N) is 4. The number of carbonyl (C=O) groups is 2. The molecule has 1 aromatic heterocycles. The van der Waals surface area contributed by atoms with Crippen molar-refractivity contribution in [1.82, 2.24) is 9.97 Å². The number of ketones is 1. The Morgan fingerprint density at radius 2 is 1.94 bits per heavy atom. The predicted molar refractivity (Wildman–Crippen MR) is 136 cm³/mol. The number of aromatic nitrogens is 2. The average molecular weight is 472 g/mol. The highest BCUT2D eigenvalue weighted by atomic mass is 16.5. The Balaban J connectivity index is 1.43. The van der Waals surface area contributed by atoms with Gasteiger partial charge in [-0.15, -0.1) is 0 Å². The second-order valence-corrected chi connectivity index (χ2v) is 9.14. The van der Waals surface area contributed by atoms with E-state index in [4.69, 9.17) is 9.72 Å². The number of rotatable bonds is 7. The molecule has 0 atom stereocenters. The maximum atomic E-state index is 12.6. The van der Waals surface area contributed by atoms with Crippen LogP contribution in [0.5, 0.6) is 5.75 Å². The van der Waals surface area contributed by atoms with E-state index in [1.807, 2.05) is 54.3 Å². The van der Waals surface area contributed by atoms with Gasteiger partial charge >= 0.3 is 0 Å². The van der Waals surface area contributed by atoms with Gasteiger partial charge in [-0.3, -0.25) is 9.59 Å². The molecule has 8 nitrogen and oxygen atoms in total. The van der Waals surface area contributed by atoms with Gasteiger partial charge in [0.25, 0.3) is 0 Å². The highest BCUT2D eigenvalue weighted by Gasteiger charge is 2.29.